The van der Waals surface area contributed by atoms with Gasteiger partial charge in [-0.25, -0.2) is 18.9 Å². The molecule has 9 nitrogen and oxygen atoms in total. The van der Waals surface area contributed by atoms with Gasteiger partial charge >= 0.3 is 0 Å². The second kappa shape index (κ2) is 12.8. The summed E-state index contributed by atoms with van der Waals surface area (Å²) in [5, 5.41) is 12.9. The molecule has 1 amide bonds. The molecule has 0 bridgehead atoms. The number of aromatic nitrogens is 2. The van der Waals surface area contributed by atoms with Gasteiger partial charge in [0.2, 0.25) is 5.91 Å². The quantitative estimate of drug-likeness (QED) is 0.346. The third-order valence-corrected chi connectivity index (χ3v) is 9.58. The second-order valence-electron chi connectivity index (χ2n) is 12.1. The Hall–Kier alpha value is -3.78. The van der Waals surface area contributed by atoms with Crippen molar-refractivity contribution in [2.24, 2.45) is 5.41 Å². The number of piperidine rings is 1. The van der Waals surface area contributed by atoms with Crippen LogP contribution in [-0.4, -0.2) is 49.6 Å². The fourth-order valence-electron chi connectivity index (χ4n) is 5.85. The minimum atomic E-state index is -1.19. The molecule has 0 radical (unpaired) electrons. The summed E-state index contributed by atoms with van der Waals surface area (Å²) in [7, 11) is -1.19. The number of benzene rings is 2. The van der Waals surface area contributed by atoms with Gasteiger partial charge in [0.25, 0.3) is 0 Å². The molecule has 3 aromatic rings. The number of carbonyl (C=O) groups excluding carboxylic acids is 1. The molecule has 1 fully saturated rings. The van der Waals surface area contributed by atoms with E-state index in [1.54, 1.807) is 30.5 Å². The lowest BCUT2D eigenvalue weighted by Crippen LogP contribution is -2.48. The SMILES string of the molecule is CC(=O)Nc1cccc(OCC#Cc2cnc(N3CCC4(CC3)Cc3ccccc3[C@H]4NS(=O)C(C)(C)C)c(CO)n2)c1. The van der Waals surface area contributed by atoms with Gasteiger partial charge in [-0.05, 0) is 74.6 Å². The van der Waals surface area contributed by atoms with Crippen molar-refractivity contribution in [3.05, 3.63) is 77.2 Å². The van der Waals surface area contributed by atoms with Crippen LogP contribution in [0.3, 0.4) is 0 Å². The monoisotopic (exact) mass is 601 g/mol. The van der Waals surface area contributed by atoms with Gasteiger partial charge < -0.3 is 20.1 Å². The lowest BCUT2D eigenvalue weighted by Gasteiger charge is -2.44. The minimum absolute atomic E-state index is 0.0158. The molecule has 2 heterocycles. The molecule has 1 saturated heterocycles. The van der Waals surface area contributed by atoms with Crippen molar-refractivity contribution in [3.63, 3.8) is 0 Å². The summed E-state index contributed by atoms with van der Waals surface area (Å²) in [4.78, 5) is 22.7. The van der Waals surface area contributed by atoms with Gasteiger partial charge in [-0.1, -0.05) is 36.3 Å². The lowest BCUT2D eigenvalue weighted by atomic mass is 9.73. The van der Waals surface area contributed by atoms with E-state index in [-0.39, 0.29) is 35.3 Å². The van der Waals surface area contributed by atoms with Gasteiger partial charge in [0, 0.05) is 31.8 Å². The largest absolute Gasteiger partial charge is 0.481 e. The first-order chi connectivity index (χ1) is 20.6. The molecule has 3 N–H and O–H groups in total. The van der Waals surface area contributed by atoms with E-state index in [1.165, 1.54) is 18.1 Å². The Morgan fingerprint density at radius 2 is 1.95 bits per heavy atom. The van der Waals surface area contributed by atoms with E-state index in [0.717, 1.165) is 32.4 Å². The third kappa shape index (κ3) is 7.07. The zero-order valence-corrected chi connectivity index (χ0v) is 26.0. The van der Waals surface area contributed by atoms with Crippen molar-refractivity contribution in [2.75, 3.05) is 29.9 Å². The molecule has 0 saturated carbocycles. The predicted molar refractivity (Wildman–Crippen MR) is 169 cm³/mol. The summed E-state index contributed by atoms with van der Waals surface area (Å²) in [5.41, 5.74) is 4.13. The molecule has 1 aliphatic carbocycles. The van der Waals surface area contributed by atoms with E-state index in [0.29, 0.717) is 28.6 Å². The van der Waals surface area contributed by atoms with Crippen LogP contribution < -0.4 is 19.7 Å². The Labute approximate surface area is 256 Å². The van der Waals surface area contributed by atoms with Crippen molar-refractivity contribution >= 4 is 28.4 Å². The van der Waals surface area contributed by atoms with Crippen LogP contribution in [0.1, 0.15) is 69.1 Å². The standard InChI is InChI=1S/C33H39N5O4S/c1-23(40)35-25-10-7-12-27(19-25)42-18-8-11-26-21-34-31(29(22-39)36-26)38-16-14-33(15-17-38)20-24-9-5-6-13-28(24)30(33)37-43(41)32(2,3)4/h5-7,9-10,12-13,19,21,30,37,39H,14-18,20,22H2,1-4H3,(H,35,40)/t30-,43?/m1/s1. The molecule has 1 aromatic heterocycles. The highest BCUT2D eigenvalue weighted by atomic mass is 32.2. The van der Waals surface area contributed by atoms with E-state index < -0.39 is 11.0 Å². The number of nitrogens with one attached hydrogen (secondary N) is 2. The normalized spacial score (nSPS) is 18.0. The molecular weight excluding hydrogens is 562 g/mol. The Balaban J connectivity index is 1.25. The van der Waals surface area contributed by atoms with Crippen LogP contribution in [0.15, 0.2) is 54.7 Å². The Morgan fingerprint density at radius 3 is 2.67 bits per heavy atom. The maximum Gasteiger partial charge on any atom is 0.221 e. The minimum Gasteiger partial charge on any atom is -0.481 e. The maximum absolute atomic E-state index is 13.2. The van der Waals surface area contributed by atoms with Crippen LogP contribution in [0.2, 0.25) is 0 Å². The second-order valence-corrected chi connectivity index (χ2v) is 14.1. The van der Waals surface area contributed by atoms with Crippen molar-refractivity contribution in [2.45, 2.75) is 64.4 Å². The van der Waals surface area contributed by atoms with Crippen molar-refractivity contribution in [1.82, 2.24) is 14.7 Å². The molecule has 226 valence electrons. The molecule has 1 spiro atoms. The molecular formula is C33H39N5O4S. The van der Waals surface area contributed by atoms with Crippen molar-refractivity contribution in [3.8, 4) is 17.6 Å². The number of amides is 1. The molecule has 2 atom stereocenters. The van der Waals surface area contributed by atoms with Crippen LogP contribution in [0.4, 0.5) is 11.5 Å². The highest BCUT2D eigenvalue weighted by Crippen LogP contribution is 2.52. The summed E-state index contributed by atoms with van der Waals surface area (Å²) in [5.74, 6) is 7.02. The number of ether oxygens (including phenoxy) is 1. The number of anilines is 2. The first kappa shape index (κ1) is 30.7. The topological polar surface area (TPSA) is 117 Å². The van der Waals surface area contributed by atoms with Gasteiger partial charge in [-0.2, -0.15) is 0 Å². The van der Waals surface area contributed by atoms with Crippen LogP contribution >= 0.6 is 0 Å². The Bertz CT molecular complexity index is 1570. The number of aliphatic hydroxyl groups is 1. The fraction of sp³-hybridized carbons (Fsp3) is 0.424. The van der Waals surface area contributed by atoms with E-state index in [2.05, 4.69) is 61.0 Å². The van der Waals surface area contributed by atoms with Crippen molar-refractivity contribution < 1.29 is 18.8 Å². The van der Waals surface area contributed by atoms with Gasteiger partial charge in [0.15, 0.2) is 5.82 Å². The molecule has 10 heteroatoms. The van der Waals surface area contributed by atoms with E-state index in [1.807, 2.05) is 20.8 Å². The van der Waals surface area contributed by atoms with Gasteiger partial charge in [0.05, 0.1) is 34.6 Å². The molecule has 1 aliphatic heterocycles. The van der Waals surface area contributed by atoms with Crippen LogP contribution in [0.25, 0.3) is 0 Å². The van der Waals surface area contributed by atoms with Gasteiger partial charge in [0.1, 0.15) is 23.7 Å². The zero-order chi connectivity index (χ0) is 30.6. The molecule has 43 heavy (non-hydrogen) atoms. The third-order valence-electron chi connectivity index (χ3n) is 8.02. The first-order valence-corrected chi connectivity index (χ1v) is 15.7. The summed E-state index contributed by atoms with van der Waals surface area (Å²) in [6, 6.07) is 15.6. The van der Waals surface area contributed by atoms with E-state index in [4.69, 9.17) is 4.74 Å². The van der Waals surface area contributed by atoms with E-state index >= 15 is 0 Å². The molecule has 1 unspecified atom stereocenters. The Morgan fingerprint density at radius 1 is 1.19 bits per heavy atom. The summed E-state index contributed by atoms with van der Waals surface area (Å²) >= 11 is 0. The predicted octanol–water partition coefficient (Wildman–Crippen LogP) is 4.29. The fourth-order valence-corrected chi connectivity index (χ4v) is 6.80. The zero-order valence-electron chi connectivity index (χ0n) is 25.1. The van der Waals surface area contributed by atoms with Crippen LogP contribution in [0, 0.1) is 17.3 Å². The number of rotatable bonds is 7. The number of nitrogens with zero attached hydrogens (tertiary/aromatic N) is 3. The first-order valence-electron chi connectivity index (χ1n) is 14.5. The van der Waals surface area contributed by atoms with Crippen molar-refractivity contribution in [1.29, 1.82) is 0 Å². The lowest BCUT2D eigenvalue weighted by molar-refractivity contribution is -0.114. The number of fused-ring (bicyclic) bond motifs is 1. The van der Waals surface area contributed by atoms with Gasteiger partial charge in [-0.3, -0.25) is 4.79 Å². The summed E-state index contributed by atoms with van der Waals surface area (Å²) in [6.07, 6.45) is 4.37. The van der Waals surface area contributed by atoms with Gasteiger partial charge in [-0.15, -0.1) is 0 Å². The van der Waals surface area contributed by atoms with Crippen LogP contribution in [0.5, 0.6) is 5.75 Å². The van der Waals surface area contributed by atoms with Crippen LogP contribution in [-0.2, 0) is 28.8 Å². The summed E-state index contributed by atoms with van der Waals surface area (Å²) < 4.78 is 22.0. The molecule has 5 rings (SSSR count). The smallest absolute Gasteiger partial charge is 0.221 e. The van der Waals surface area contributed by atoms with E-state index in [9.17, 15) is 14.1 Å². The number of aliphatic hydroxyl groups excluding tert-OH is 1. The Kier molecular flexibility index (Phi) is 9.16. The number of hydrogen-bond acceptors (Lipinski definition) is 7. The number of hydrogen-bond donors (Lipinski definition) is 3. The molecule has 2 aliphatic rings. The number of carbonyl (C=O) groups is 1. The highest BCUT2D eigenvalue weighted by Gasteiger charge is 2.49. The summed E-state index contributed by atoms with van der Waals surface area (Å²) in [6.45, 7) is 8.84. The average molecular weight is 602 g/mol. The maximum atomic E-state index is 13.2. The highest BCUT2D eigenvalue weighted by molar-refractivity contribution is 7.84. The average Bonchev–Trinajstić information content (AvgIpc) is 3.27. The molecule has 2 aromatic carbocycles.